The molecule has 14 heavy (non-hydrogen) atoms. The van der Waals surface area contributed by atoms with E-state index >= 15 is 0 Å². The summed E-state index contributed by atoms with van der Waals surface area (Å²) in [6.45, 7) is 0. The molecule has 0 aliphatic carbocycles. The van der Waals surface area contributed by atoms with Crippen molar-refractivity contribution in [1.29, 1.82) is 0 Å². The molecule has 0 aromatic heterocycles. The molecule has 0 aliphatic rings. The van der Waals surface area contributed by atoms with Crippen LogP contribution in [0.1, 0.15) is 0 Å². The van der Waals surface area contributed by atoms with Crippen LogP contribution < -0.4 is 0 Å². The predicted octanol–water partition coefficient (Wildman–Crippen LogP) is 2.85. The minimum atomic E-state index is -6.44. The lowest BCUT2D eigenvalue weighted by Gasteiger charge is -2.25. The van der Waals surface area contributed by atoms with Crippen molar-refractivity contribution in [1.82, 2.24) is 0 Å². The maximum absolute atomic E-state index is 12.1. The highest BCUT2D eigenvalue weighted by Crippen LogP contribution is 2.51. The van der Waals surface area contributed by atoms with Crippen LogP contribution in [0.25, 0.3) is 0 Å². The number of alkyl halides is 7. The summed E-state index contributed by atoms with van der Waals surface area (Å²) in [5.74, 6) is -6.30. The Morgan fingerprint density at radius 2 is 1.36 bits per heavy atom. The molecule has 1 N–H and O–H groups in total. The van der Waals surface area contributed by atoms with Crippen molar-refractivity contribution in [2.75, 3.05) is 0 Å². The van der Waals surface area contributed by atoms with Crippen molar-refractivity contribution in [3.63, 3.8) is 0 Å². The van der Waals surface area contributed by atoms with Crippen molar-refractivity contribution in [2.45, 2.75) is 17.4 Å². The Morgan fingerprint density at radius 3 is 1.64 bits per heavy atom. The molecule has 0 aliphatic heterocycles. The highest BCUT2D eigenvalue weighted by atomic mass is 32.2. The van der Waals surface area contributed by atoms with Gasteiger partial charge in [-0.1, -0.05) is 5.04 Å². The molecule has 0 saturated carbocycles. The second-order valence-corrected chi connectivity index (χ2v) is 2.63. The monoisotopic (exact) mass is 250 g/mol. The quantitative estimate of drug-likeness (QED) is 0.360. The summed E-state index contributed by atoms with van der Waals surface area (Å²) in [4.78, 5) is 0. The van der Waals surface area contributed by atoms with Gasteiger partial charge in [-0.15, -0.1) is 4.33 Å². The Morgan fingerprint density at radius 1 is 0.929 bits per heavy atom. The highest BCUT2D eigenvalue weighted by molar-refractivity contribution is 7.95. The fourth-order valence-electron chi connectivity index (χ4n) is 0.275. The van der Waals surface area contributed by atoms with E-state index in [1.54, 1.807) is 0 Å². The van der Waals surface area contributed by atoms with Gasteiger partial charge in [0, 0.05) is 0 Å². The van der Waals surface area contributed by atoms with E-state index in [2.05, 4.69) is 9.37 Å². The molecule has 0 amide bonds. The van der Waals surface area contributed by atoms with E-state index in [0.29, 0.717) is 0 Å². The second-order valence-electron chi connectivity index (χ2n) is 1.81. The molecule has 0 saturated heterocycles. The van der Waals surface area contributed by atoms with E-state index < -0.39 is 29.4 Å². The summed E-state index contributed by atoms with van der Waals surface area (Å²) in [6, 6.07) is 0. The first-order valence-corrected chi connectivity index (χ1v) is 3.28. The molecule has 86 valence electrons. The van der Waals surface area contributed by atoms with Crippen molar-refractivity contribution in [3.8, 4) is 0 Å². The predicted molar refractivity (Wildman–Crippen MR) is 28.3 cm³/mol. The van der Waals surface area contributed by atoms with Gasteiger partial charge in [-0.3, -0.25) is 0 Å². The maximum Gasteiger partial charge on any atom is 0.461 e. The molecule has 0 aromatic carbocycles. The van der Waals surface area contributed by atoms with Gasteiger partial charge in [0.2, 0.25) is 0 Å². The zero-order valence-corrected chi connectivity index (χ0v) is 6.63. The summed E-state index contributed by atoms with van der Waals surface area (Å²) < 4.78 is 84.8. The van der Waals surface area contributed by atoms with Crippen molar-refractivity contribution in [2.24, 2.45) is 0 Å². The van der Waals surface area contributed by atoms with Crippen molar-refractivity contribution in [3.05, 3.63) is 0 Å². The van der Waals surface area contributed by atoms with Crippen LogP contribution in [0.15, 0.2) is 0 Å². The minimum absolute atomic E-state index is 1.66. The normalized spacial score (nSPS) is 14.6. The molecule has 0 heterocycles. The lowest BCUT2D eigenvalue weighted by Crippen LogP contribution is -2.50. The average molecular weight is 250 g/mol. The van der Waals surface area contributed by atoms with E-state index in [0.717, 1.165) is 0 Å². The average Bonchev–Trinajstić information content (AvgIpc) is 1.98. The summed E-state index contributed by atoms with van der Waals surface area (Å²) in [5, 5.41) is 4.15. The fraction of sp³-hybridized carbons (Fsp3) is 1.00. The smallest absolute Gasteiger partial charge is 0.220 e. The minimum Gasteiger partial charge on any atom is -0.220 e. The largest absolute Gasteiger partial charge is 0.461 e. The lowest BCUT2D eigenvalue weighted by molar-refractivity contribution is -0.435. The Labute approximate surface area is 75.8 Å². The van der Waals surface area contributed by atoms with Gasteiger partial charge in [0.1, 0.15) is 12.0 Å². The Balaban J connectivity index is 4.69. The highest BCUT2D eigenvalue weighted by Gasteiger charge is 2.74. The third-order valence-electron chi connectivity index (χ3n) is 0.891. The SMILES string of the molecule is OOOSC(F)(F)C(F)(F)C(F)(F)F. The zero-order valence-electron chi connectivity index (χ0n) is 5.82. The maximum atomic E-state index is 12.1. The van der Waals surface area contributed by atoms with Gasteiger partial charge in [-0.25, -0.2) is 5.26 Å². The molecular formula is C3HF7O3S. The summed E-state index contributed by atoms with van der Waals surface area (Å²) in [6.07, 6.45) is -6.44. The number of hydrogen-bond acceptors (Lipinski definition) is 4. The van der Waals surface area contributed by atoms with Crippen LogP contribution in [-0.4, -0.2) is 22.6 Å². The van der Waals surface area contributed by atoms with Crippen molar-refractivity contribution < 1.29 is 45.4 Å². The summed E-state index contributed by atoms with van der Waals surface area (Å²) in [7, 11) is 0. The van der Waals surface area contributed by atoms with Gasteiger partial charge in [0.25, 0.3) is 0 Å². The van der Waals surface area contributed by atoms with E-state index in [9.17, 15) is 30.7 Å². The van der Waals surface area contributed by atoms with Crippen LogP contribution in [0.2, 0.25) is 0 Å². The molecule has 0 fully saturated rings. The van der Waals surface area contributed by atoms with Crippen LogP contribution in [0, 0.1) is 0 Å². The summed E-state index contributed by atoms with van der Waals surface area (Å²) >= 11 is -1.66. The number of halogens is 7. The summed E-state index contributed by atoms with van der Waals surface area (Å²) in [5.41, 5.74) is 0. The van der Waals surface area contributed by atoms with Gasteiger partial charge in [-0.05, 0) is 0 Å². The van der Waals surface area contributed by atoms with Gasteiger partial charge < -0.3 is 0 Å². The van der Waals surface area contributed by atoms with Gasteiger partial charge in [0.05, 0.1) is 0 Å². The third-order valence-corrected chi connectivity index (χ3v) is 1.49. The number of rotatable bonds is 4. The van der Waals surface area contributed by atoms with Gasteiger partial charge in [0.15, 0.2) is 0 Å². The van der Waals surface area contributed by atoms with Crippen LogP contribution in [-0.2, 0) is 9.37 Å². The molecule has 0 atom stereocenters. The molecule has 3 nitrogen and oxygen atoms in total. The van der Waals surface area contributed by atoms with Crippen LogP contribution in [0.5, 0.6) is 0 Å². The Kier molecular flexibility index (Phi) is 4.01. The molecule has 0 aromatic rings. The molecule has 0 bridgehead atoms. The first-order valence-electron chi connectivity index (χ1n) is 2.54. The fourth-order valence-corrected chi connectivity index (χ4v) is 0.612. The molecule has 0 spiro atoms. The Bertz CT molecular complexity index is 191. The van der Waals surface area contributed by atoms with E-state index in [4.69, 9.17) is 5.26 Å². The zero-order chi connectivity index (χ0) is 11.6. The van der Waals surface area contributed by atoms with Crippen molar-refractivity contribution >= 4 is 12.0 Å². The second kappa shape index (κ2) is 4.08. The van der Waals surface area contributed by atoms with Gasteiger partial charge in [-0.2, -0.15) is 30.7 Å². The first-order chi connectivity index (χ1) is 6.06. The third kappa shape index (κ3) is 2.62. The van der Waals surface area contributed by atoms with Crippen LogP contribution in [0.4, 0.5) is 30.7 Å². The molecule has 0 radical (unpaired) electrons. The van der Waals surface area contributed by atoms with E-state index in [1.165, 1.54) is 0 Å². The topological polar surface area (TPSA) is 38.7 Å². The molecule has 11 heteroatoms. The van der Waals surface area contributed by atoms with E-state index in [1.807, 2.05) is 0 Å². The first kappa shape index (κ1) is 13.7. The standard InChI is InChI=1S/C3HF7O3S/c4-1(5,2(6,7)8)3(9,10)14-13-12-11/h11H. The van der Waals surface area contributed by atoms with E-state index in [-0.39, 0.29) is 0 Å². The molecule has 0 unspecified atom stereocenters. The van der Waals surface area contributed by atoms with Crippen LogP contribution >= 0.6 is 12.0 Å². The van der Waals surface area contributed by atoms with Gasteiger partial charge >= 0.3 is 17.4 Å². The number of hydrogen-bond donors (Lipinski definition) is 1. The van der Waals surface area contributed by atoms with Crippen LogP contribution in [0.3, 0.4) is 0 Å². The lowest BCUT2D eigenvalue weighted by atomic mass is 10.3. The Hall–Kier alpha value is -0.260. The molecule has 0 rings (SSSR count). The molecular weight excluding hydrogens is 249 g/mol.